The van der Waals surface area contributed by atoms with Gasteiger partial charge in [-0.2, -0.15) is 13.2 Å². The summed E-state index contributed by atoms with van der Waals surface area (Å²) in [6.45, 7) is 1.54. The maximum atomic E-state index is 11.7. The average Bonchev–Trinajstić information content (AvgIpc) is 2.77. The Bertz CT molecular complexity index is 172. The summed E-state index contributed by atoms with van der Waals surface area (Å²) in [6.07, 6.45) is -0.849. The van der Waals surface area contributed by atoms with Crippen LogP contribution in [-0.4, -0.2) is 31.5 Å². The van der Waals surface area contributed by atoms with Crippen LogP contribution in [0.2, 0.25) is 0 Å². The van der Waals surface area contributed by atoms with Gasteiger partial charge in [0.05, 0.1) is 18.8 Å². The lowest BCUT2D eigenvalue weighted by atomic mass is 10.1. The molecule has 0 bridgehead atoms. The van der Waals surface area contributed by atoms with Gasteiger partial charge in [0, 0.05) is 0 Å². The van der Waals surface area contributed by atoms with Gasteiger partial charge in [0.1, 0.15) is 0 Å². The lowest BCUT2D eigenvalue weighted by Crippen LogP contribution is -2.30. The highest BCUT2D eigenvalue weighted by Crippen LogP contribution is 2.28. The van der Waals surface area contributed by atoms with Gasteiger partial charge in [0.2, 0.25) is 0 Å². The van der Waals surface area contributed by atoms with E-state index in [1.807, 2.05) is 0 Å². The number of hydrogen-bond donors (Lipinski definition) is 1. The minimum absolute atomic E-state index is 0.190. The second-order valence-electron chi connectivity index (χ2n) is 3.58. The van der Waals surface area contributed by atoms with Crippen LogP contribution < -0.4 is 5.32 Å². The van der Waals surface area contributed by atoms with E-state index in [9.17, 15) is 13.2 Å². The van der Waals surface area contributed by atoms with Crippen LogP contribution in [0, 0.1) is 0 Å². The highest BCUT2D eigenvalue weighted by atomic mass is 19.4. The molecule has 0 aliphatic carbocycles. The van der Waals surface area contributed by atoms with Crippen LogP contribution >= 0.6 is 0 Å². The zero-order chi connectivity index (χ0) is 10.6. The molecule has 1 saturated heterocycles. The lowest BCUT2D eigenvalue weighted by molar-refractivity contribution is -0.124. The average molecular weight is 211 g/mol. The smallest absolute Gasteiger partial charge is 0.370 e. The summed E-state index contributed by atoms with van der Waals surface area (Å²) >= 11 is 0. The lowest BCUT2D eigenvalue weighted by Gasteiger charge is -2.06. The molecule has 2 unspecified atom stereocenters. The SMILES string of the molecule is CCCC1OC1CCNCC(F)(F)F. The van der Waals surface area contributed by atoms with E-state index >= 15 is 0 Å². The van der Waals surface area contributed by atoms with Crippen molar-refractivity contribution < 1.29 is 17.9 Å². The molecule has 0 aromatic rings. The van der Waals surface area contributed by atoms with Crippen LogP contribution in [0.3, 0.4) is 0 Å². The van der Waals surface area contributed by atoms with Crippen molar-refractivity contribution in [3.05, 3.63) is 0 Å². The Morgan fingerprint density at radius 2 is 1.86 bits per heavy atom. The first-order valence-corrected chi connectivity index (χ1v) is 4.96. The topological polar surface area (TPSA) is 24.6 Å². The fraction of sp³-hybridized carbons (Fsp3) is 1.00. The Labute approximate surface area is 81.8 Å². The van der Waals surface area contributed by atoms with E-state index in [1.54, 1.807) is 0 Å². The number of nitrogens with one attached hydrogen (secondary N) is 1. The predicted molar refractivity (Wildman–Crippen MR) is 47.1 cm³/mol. The second kappa shape index (κ2) is 4.98. The Morgan fingerprint density at radius 3 is 2.43 bits per heavy atom. The molecule has 1 aliphatic rings. The van der Waals surface area contributed by atoms with Gasteiger partial charge in [0.25, 0.3) is 0 Å². The fourth-order valence-electron chi connectivity index (χ4n) is 1.45. The number of epoxide rings is 1. The molecule has 0 spiro atoms. The summed E-state index contributed by atoms with van der Waals surface area (Å²) < 4.78 is 40.4. The molecule has 1 heterocycles. The Balaban J connectivity index is 1.91. The van der Waals surface area contributed by atoms with Gasteiger partial charge in [-0.15, -0.1) is 0 Å². The van der Waals surface area contributed by atoms with Crippen LogP contribution in [0.15, 0.2) is 0 Å². The third-order valence-corrected chi connectivity index (χ3v) is 2.19. The number of alkyl halides is 3. The van der Waals surface area contributed by atoms with Crippen molar-refractivity contribution in [1.29, 1.82) is 0 Å². The standard InChI is InChI=1S/C9H16F3NO/c1-2-3-7-8(14-7)4-5-13-6-9(10,11)12/h7-8,13H,2-6H2,1H3. The van der Waals surface area contributed by atoms with Gasteiger partial charge in [-0.1, -0.05) is 13.3 Å². The normalized spacial score (nSPS) is 26.6. The zero-order valence-electron chi connectivity index (χ0n) is 8.23. The van der Waals surface area contributed by atoms with E-state index in [0.717, 1.165) is 12.8 Å². The largest absolute Gasteiger partial charge is 0.401 e. The Hall–Kier alpha value is -0.290. The third kappa shape index (κ3) is 4.81. The Kier molecular flexibility index (Phi) is 4.19. The van der Waals surface area contributed by atoms with Crippen LogP contribution in [0.25, 0.3) is 0 Å². The van der Waals surface area contributed by atoms with Gasteiger partial charge < -0.3 is 10.1 Å². The van der Waals surface area contributed by atoms with Gasteiger partial charge in [-0.3, -0.25) is 0 Å². The molecule has 1 fully saturated rings. The van der Waals surface area contributed by atoms with E-state index in [2.05, 4.69) is 12.2 Å². The molecule has 2 atom stereocenters. The number of halogens is 3. The molecule has 5 heteroatoms. The van der Waals surface area contributed by atoms with Gasteiger partial charge >= 0.3 is 6.18 Å². The monoisotopic (exact) mass is 211 g/mol. The minimum Gasteiger partial charge on any atom is -0.370 e. The molecule has 1 aliphatic heterocycles. The molecular formula is C9H16F3NO. The van der Waals surface area contributed by atoms with Gasteiger partial charge in [-0.25, -0.2) is 0 Å². The van der Waals surface area contributed by atoms with Crippen molar-refractivity contribution in [3.8, 4) is 0 Å². The van der Waals surface area contributed by atoms with Crippen molar-refractivity contribution in [2.75, 3.05) is 13.1 Å². The van der Waals surface area contributed by atoms with Crippen LogP contribution in [0.1, 0.15) is 26.2 Å². The van der Waals surface area contributed by atoms with E-state index in [-0.39, 0.29) is 6.10 Å². The van der Waals surface area contributed by atoms with E-state index in [0.29, 0.717) is 19.1 Å². The summed E-state index contributed by atoms with van der Waals surface area (Å²) in [7, 11) is 0. The van der Waals surface area contributed by atoms with Crippen molar-refractivity contribution >= 4 is 0 Å². The van der Waals surface area contributed by atoms with Crippen LogP contribution in [0.5, 0.6) is 0 Å². The summed E-state index contributed by atoms with van der Waals surface area (Å²) in [4.78, 5) is 0. The molecule has 1 rings (SSSR count). The highest BCUT2D eigenvalue weighted by Gasteiger charge is 2.37. The molecule has 0 amide bonds. The Morgan fingerprint density at radius 1 is 1.21 bits per heavy atom. The van der Waals surface area contributed by atoms with Gasteiger partial charge in [-0.05, 0) is 19.4 Å². The second-order valence-corrected chi connectivity index (χ2v) is 3.58. The van der Waals surface area contributed by atoms with Crippen molar-refractivity contribution in [2.24, 2.45) is 0 Å². The summed E-state index contributed by atoms with van der Waals surface area (Å²) in [5.74, 6) is 0. The molecule has 0 aromatic heterocycles. The molecule has 0 aromatic carbocycles. The molecular weight excluding hydrogens is 195 g/mol. The van der Waals surface area contributed by atoms with Crippen molar-refractivity contribution in [3.63, 3.8) is 0 Å². The summed E-state index contributed by atoms with van der Waals surface area (Å²) in [5, 5.41) is 2.35. The summed E-state index contributed by atoms with van der Waals surface area (Å²) in [5.41, 5.74) is 0. The summed E-state index contributed by atoms with van der Waals surface area (Å²) in [6, 6.07) is 0. The van der Waals surface area contributed by atoms with Crippen LogP contribution in [-0.2, 0) is 4.74 Å². The quantitative estimate of drug-likeness (QED) is 0.537. The maximum Gasteiger partial charge on any atom is 0.401 e. The molecule has 0 saturated carbocycles. The fourth-order valence-corrected chi connectivity index (χ4v) is 1.45. The number of hydrogen-bond acceptors (Lipinski definition) is 2. The first-order chi connectivity index (χ1) is 6.53. The maximum absolute atomic E-state index is 11.7. The number of ether oxygens (including phenoxy) is 1. The number of rotatable bonds is 6. The molecule has 84 valence electrons. The molecule has 14 heavy (non-hydrogen) atoms. The van der Waals surface area contributed by atoms with E-state index < -0.39 is 12.7 Å². The van der Waals surface area contributed by atoms with Crippen molar-refractivity contribution in [1.82, 2.24) is 5.32 Å². The third-order valence-electron chi connectivity index (χ3n) is 2.19. The first kappa shape index (κ1) is 11.8. The highest BCUT2D eigenvalue weighted by molar-refractivity contribution is 4.84. The molecule has 2 nitrogen and oxygen atoms in total. The zero-order valence-corrected chi connectivity index (χ0v) is 8.23. The molecule has 0 radical (unpaired) electrons. The van der Waals surface area contributed by atoms with Gasteiger partial charge in [0.15, 0.2) is 0 Å². The van der Waals surface area contributed by atoms with Crippen molar-refractivity contribution in [2.45, 2.75) is 44.6 Å². The van der Waals surface area contributed by atoms with E-state index in [4.69, 9.17) is 4.74 Å². The predicted octanol–water partition coefficient (Wildman–Crippen LogP) is 2.10. The van der Waals surface area contributed by atoms with E-state index in [1.165, 1.54) is 0 Å². The molecule has 1 N–H and O–H groups in total. The first-order valence-electron chi connectivity index (χ1n) is 4.96. The minimum atomic E-state index is -4.10. The van der Waals surface area contributed by atoms with Crippen LogP contribution in [0.4, 0.5) is 13.2 Å².